The second kappa shape index (κ2) is 10.9. The third-order valence-corrected chi connectivity index (χ3v) is 7.51. The number of fused-ring (bicyclic) bond motifs is 4. The number of rotatable bonds is 5. The molecule has 2 aliphatic heterocycles. The van der Waals surface area contributed by atoms with Gasteiger partial charge in [-0.1, -0.05) is 109 Å². The first-order valence-corrected chi connectivity index (χ1v) is 13.7. The van der Waals surface area contributed by atoms with Crippen LogP contribution < -0.4 is 31.1 Å². The third-order valence-electron chi connectivity index (χ3n) is 7.51. The molecule has 0 aromatic heterocycles. The summed E-state index contributed by atoms with van der Waals surface area (Å²) < 4.78 is 233. The molecule has 0 unspecified atom stereocenters. The summed E-state index contributed by atoms with van der Waals surface area (Å²) in [6.07, 6.45) is 0. The number of hydrogen-bond acceptors (Lipinski definition) is 3. The van der Waals surface area contributed by atoms with Gasteiger partial charge >= 0.3 is 0 Å². The van der Waals surface area contributed by atoms with Crippen LogP contribution in [0.25, 0.3) is 0 Å². The quantitative estimate of drug-likeness (QED) is 0.179. The van der Waals surface area contributed by atoms with Crippen molar-refractivity contribution in [3.63, 3.8) is 0 Å². The Kier molecular flexibility index (Phi) is 2.63. The average molecular weight is 614 g/mol. The molecule has 2 heterocycles. The van der Waals surface area contributed by atoms with Crippen LogP contribution in [0.3, 0.4) is 0 Å². The summed E-state index contributed by atoms with van der Waals surface area (Å²) in [4.78, 5) is 2.50. The molecular formula is C42H30BN3. The van der Waals surface area contributed by atoms with Gasteiger partial charge in [-0.2, -0.15) is 0 Å². The lowest BCUT2D eigenvalue weighted by molar-refractivity contribution is 1.23. The Bertz CT molecular complexity index is 3310. The molecule has 0 amide bonds. The van der Waals surface area contributed by atoms with E-state index >= 15 is 0 Å². The van der Waals surface area contributed by atoms with Gasteiger partial charge < -0.3 is 14.7 Å². The van der Waals surface area contributed by atoms with Crippen LogP contribution in [0.1, 0.15) is 35.6 Å². The van der Waals surface area contributed by atoms with Crippen molar-refractivity contribution in [2.75, 3.05) is 14.7 Å². The predicted molar refractivity (Wildman–Crippen MR) is 195 cm³/mol. The largest absolute Gasteiger partial charge is 0.311 e. The fourth-order valence-electron chi connectivity index (χ4n) is 5.83. The van der Waals surface area contributed by atoms with E-state index in [1.54, 1.807) is 0 Å². The predicted octanol–water partition coefficient (Wildman–Crippen LogP) is 9.24. The van der Waals surface area contributed by atoms with E-state index in [1.165, 1.54) is 0 Å². The van der Waals surface area contributed by atoms with Crippen molar-refractivity contribution >= 4 is 74.3 Å². The summed E-state index contributed by atoms with van der Waals surface area (Å²) in [6.45, 7) is -1.61. The summed E-state index contributed by atoms with van der Waals surface area (Å²) in [7, 11) is 0. The Morgan fingerprint density at radius 2 is 0.826 bits per heavy atom. The van der Waals surface area contributed by atoms with E-state index in [2.05, 4.69) is 0 Å². The maximum Gasteiger partial charge on any atom is 0.252 e. The second-order valence-electron chi connectivity index (χ2n) is 9.87. The Morgan fingerprint density at radius 1 is 0.413 bits per heavy atom. The highest BCUT2D eigenvalue weighted by molar-refractivity contribution is 7.00. The van der Waals surface area contributed by atoms with Gasteiger partial charge in [-0.3, -0.25) is 0 Å². The fraction of sp³-hybridized carbons (Fsp3) is 0. The molecule has 216 valence electrons. The van der Waals surface area contributed by atoms with Gasteiger partial charge in [0.2, 0.25) is 0 Å². The van der Waals surface area contributed by atoms with Gasteiger partial charge in [-0.05, 0) is 88.9 Å². The molecule has 46 heavy (non-hydrogen) atoms. The molecule has 2 aliphatic rings. The van der Waals surface area contributed by atoms with Gasteiger partial charge in [-0.25, -0.2) is 0 Å². The summed E-state index contributed by atoms with van der Waals surface area (Å²) in [5.41, 5.74) is -6.40. The van der Waals surface area contributed by atoms with Crippen LogP contribution in [0.2, 0.25) is 0 Å². The normalized spacial score (nSPS) is 20.6. The van der Waals surface area contributed by atoms with Gasteiger partial charge in [0.15, 0.2) is 0 Å². The van der Waals surface area contributed by atoms with E-state index in [0.29, 0.717) is 4.90 Å². The SMILES string of the molecule is [2H]c1cc([2H])c2c(c1[2H])N(c1c([2H])c([2H])c([2H])c([2H])c1[2H])c1cc(N(c3c([2H])c([2H])c([2H])c([2H])c3[2H])c3c([2H])c([2H])c([2H])c([2H])c3[2H])cc3c1B2c1c([2H])cc([2H])c([2H])c1N3c1c([2H])c([2H])c([2H])c([2H])c1[2H]. The van der Waals surface area contributed by atoms with Crippen molar-refractivity contribution in [1.82, 2.24) is 0 Å². The zero-order chi connectivity index (χ0) is 53.1. The first kappa shape index (κ1) is 11.1. The lowest BCUT2D eigenvalue weighted by Crippen LogP contribution is -2.61. The third kappa shape index (κ3) is 4.15. The Hall–Kier alpha value is -6.00. The van der Waals surface area contributed by atoms with E-state index in [-0.39, 0.29) is 16.4 Å². The standard InChI is InChI=1S/C42H30BN3/c1-5-17-31(18-6-1)44(32-19-7-2-8-20-32)35-29-40-42-41(30-35)46(34-23-11-4-12-24-34)39-28-16-14-26-37(39)43(42)36-25-13-15-27-38(36)45(40)33-21-9-3-10-22-33/h1-30H/i1D,2D,3D,4D,5D,6D,7D,8D,9D,10D,11D,12D,15D,16D,17D,18D,19D,20D,21D,22D,23D,24D,25D,26D,27D,28D. The van der Waals surface area contributed by atoms with Gasteiger partial charge in [-0.15, -0.1) is 0 Å². The van der Waals surface area contributed by atoms with Crippen LogP contribution in [-0.4, -0.2) is 6.71 Å². The smallest absolute Gasteiger partial charge is 0.252 e. The molecule has 0 saturated heterocycles. The molecule has 3 nitrogen and oxygen atoms in total. The van der Waals surface area contributed by atoms with Gasteiger partial charge in [0.05, 0.1) is 41.3 Å². The van der Waals surface area contributed by atoms with E-state index in [9.17, 15) is 16.4 Å². The van der Waals surface area contributed by atoms with Gasteiger partial charge in [0.1, 0.15) is 0 Å². The molecular weight excluding hydrogens is 557 g/mol. The number of para-hydroxylation sites is 6. The Balaban J connectivity index is 1.63. The highest BCUT2D eigenvalue weighted by Gasteiger charge is 2.43. The van der Waals surface area contributed by atoms with E-state index in [4.69, 9.17) is 19.2 Å². The highest BCUT2D eigenvalue weighted by atomic mass is 15.2. The van der Waals surface area contributed by atoms with Gasteiger partial charge in [0.25, 0.3) is 6.71 Å². The zero-order valence-electron chi connectivity index (χ0n) is 49.2. The van der Waals surface area contributed by atoms with Crippen LogP contribution in [0.5, 0.6) is 0 Å². The number of nitrogens with zero attached hydrogens (tertiary/aromatic N) is 3. The lowest BCUT2D eigenvalue weighted by Gasteiger charge is -2.45. The van der Waals surface area contributed by atoms with E-state index in [0.717, 1.165) is 34.1 Å². The number of hydrogen-bond donors (Lipinski definition) is 0. The van der Waals surface area contributed by atoms with Crippen molar-refractivity contribution in [2.45, 2.75) is 0 Å². The summed E-state index contributed by atoms with van der Waals surface area (Å²) in [6, 6.07) is -18.6. The molecule has 0 radical (unpaired) electrons. The van der Waals surface area contributed by atoms with Crippen LogP contribution in [-0.2, 0) is 0 Å². The molecule has 0 aliphatic carbocycles. The van der Waals surface area contributed by atoms with Crippen molar-refractivity contribution in [3.05, 3.63) is 181 Å². The van der Waals surface area contributed by atoms with Gasteiger partial charge in [0, 0.05) is 45.5 Å². The first-order chi connectivity index (χ1) is 33.6. The van der Waals surface area contributed by atoms with Crippen LogP contribution in [0.15, 0.2) is 181 Å². The zero-order valence-corrected chi connectivity index (χ0v) is 23.2. The summed E-state index contributed by atoms with van der Waals surface area (Å²) in [5.74, 6) is 0. The van der Waals surface area contributed by atoms with Crippen LogP contribution in [0.4, 0.5) is 51.2 Å². The molecule has 0 fully saturated rings. The topological polar surface area (TPSA) is 9.72 Å². The lowest BCUT2D eigenvalue weighted by atomic mass is 9.33. The van der Waals surface area contributed by atoms with Crippen molar-refractivity contribution in [3.8, 4) is 0 Å². The molecule has 0 N–H and O–H groups in total. The fourth-order valence-corrected chi connectivity index (χ4v) is 5.83. The highest BCUT2D eigenvalue weighted by Crippen LogP contribution is 2.47. The molecule has 0 saturated carbocycles. The molecule has 7 aromatic carbocycles. The average Bonchev–Trinajstić information content (AvgIpc) is 3.34. The number of anilines is 9. The minimum Gasteiger partial charge on any atom is -0.311 e. The van der Waals surface area contributed by atoms with Crippen molar-refractivity contribution in [2.24, 2.45) is 0 Å². The Morgan fingerprint density at radius 3 is 1.26 bits per heavy atom. The molecule has 0 spiro atoms. The maximum atomic E-state index is 9.46. The summed E-state index contributed by atoms with van der Waals surface area (Å²) in [5, 5.41) is 0. The minimum absolute atomic E-state index is 0.212. The Labute approximate surface area is 306 Å². The van der Waals surface area contributed by atoms with E-state index < -0.39 is 215 Å². The first-order valence-electron chi connectivity index (χ1n) is 26.7. The molecule has 9 rings (SSSR count). The molecule has 4 heteroatoms. The molecule has 7 aromatic rings. The van der Waals surface area contributed by atoms with E-state index in [1.807, 2.05) is 0 Å². The second-order valence-corrected chi connectivity index (χ2v) is 9.87. The molecule has 0 bridgehead atoms. The minimum atomic E-state index is -1.61. The van der Waals surface area contributed by atoms with Crippen molar-refractivity contribution < 1.29 is 35.6 Å². The van der Waals surface area contributed by atoms with Crippen LogP contribution in [0, 0.1) is 0 Å². The van der Waals surface area contributed by atoms with Crippen molar-refractivity contribution in [1.29, 1.82) is 0 Å². The maximum absolute atomic E-state index is 9.46. The number of benzene rings is 7. The monoisotopic (exact) mass is 613 g/mol. The molecule has 0 atom stereocenters. The summed E-state index contributed by atoms with van der Waals surface area (Å²) >= 11 is 0. The van der Waals surface area contributed by atoms with Crippen LogP contribution >= 0.6 is 0 Å².